The molecule has 5 heteroatoms. The van der Waals surface area contributed by atoms with Crippen molar-refractivity contribution in [2.45, 2.75) is 26.4 Å². The van der Waals surface area contributed by atoms with Gasteiger partial charge < -0.3 is 9.51 Å². The molecular formula is C16H16FN3O. The Kier molecular flexibility index (Phi) is 2.82. The summed E-state index contributed by atoms with van der Waals surface area (Å²) >= 11 is 0. The summed E-state index contributed by atoms with van der Waals surface area (Å²) in [5.74, 6) is -0.184. The molecule has 0 amide bonds. The van der Waals surface area contributed by atoms with Crippen molar-refractivity contribution in [3.63, 3.8) is 0 Å². The third-order valence-corrected chi connectivity index (χ3v) is 4.26. The predicted molar refractivity (Wildman–Crippen MR) is 77.3 cm³/mol. The molecule has 0 spiro atoms. The molecule has 1 aromatic carbocycles. The smallest absolute Gasteiger partial charge is 0.128 e. The molecule has 0 saturated carbocycles. The SMILES string of the molecule is Cc1nocc1CN1CCc2[nH]c3ccc(F)cc3c2C1. The molecule has 4 nitrogen and oxygen atoms in total. The van der Waals surface area contributed by atoms with Gasteiger partial charge in [0.25, 0.3) is 0 Å². The van der Waals surface area contributed by atoms with E-state index < -0.39 is 0 Å². The predicted octanol–water partition coefficient (Wildman–Crippen LogP) is 3.16. The zero-order valence-corrected chi connectivity index (χ0v) is 11.8. The molecule has 0 atom stereocenters. The second-order valence-corrected chi connectivity index (χ2v) is 5.66. The number of aromatic nitrogens is 2. The molecule has 108 valence electrons. The third kappa shape index (κ3) is 2.14. The molecule has 0 radical (unpaired) electrons. The standard InChI is InChI=1S/C16H16FN3O/c1-10-11(9-21-19-10)7-20-5-4-16-14(8-20)13-6-12(17)2-3-15(13)18-16/h2-3,6,9,18H,4-5,7-8H2,1H3. The van der Waals surface area contributed by atoms with Gasteiger partial charge in [0.05, 0.1) is 5.69 Å². The molecule has 3 heterocycles. The summed E-state index contributed by atoms with van der Waals surface area (Å²) in [6, 6.07) is 4.94. The zero-order valence-electron chi connectivity index (χ0n) is 11.8. The van der Waals surface area contributed by atoms with Gasteiger partial charge in [-0.15, -0.1) is 0 Å². The van der Waals surface area contributed by atoms with E-state index in [9.17, 15) is 4.39 Å². The van der Waals surface area contributed by atoms with Crippen LogP contribution in [0.3, 0.4) is 0 Å². The monoisotopic (exact) mass is 285 g/mol. The second kappa shape index (κ2) is 4.70. The molecule has 0 aliphatic carbocycles. The van der Waals surface area contributed by atoms with Gasteiger partial charge in [-0.1, -0.05) is 5.16 Å². The van der Waals surface area contributed by atoms with E-state index >= 15 is 0 Å². The average Bonchev–Trinajstić information content (AvgIpc) is 3.03. The Hall–Kier alpha value is -2.14. The molecule has 1 aliphatic heterocycles. The van der Waals surface area contributed by atoms with Crippen LogP contribution in [0.5, 0.6) is 0 Å². The maximum Gasteiger partial charge on any atom is 0.128 e. The minimum atomic E-state index is -0.184. The van der Waals surface area contributed by atoms with Crippen LogP contribution in [-0.2, 0) is 19.5 Å². The maximum atomic E-state index is 13.5. The lowest BCUT2D eigenvalue weighted by Crippen LogP contribution is -2.29. The van der Waals surface area contributed by atoms with Crippen LogP contribution in [0.25, 0.3) is 10.9 Å². The van der Waals surface area contributed by atoms with Crippen molar-refractivity contribution < 1.29 is 8.91 Å². The highest BCUT2D eigenvalue weighted by atomic mass is 19.1. The summed E-state index contributed by atoms with van der Waals surface area (Å²) in [4.78, 5) is 5.76. The van der Waals surface area contributed by atoms with E-state index in [4.69, 9.17) is 4.52 Å². The fourth-order valence-electron chi connectivity index (χ4n) is 3.08. The van der Waals surface area contributed by atoms with Gasteiger partial charge in [-0.25, -0.2) is 4.39 Å². The molecule has 0 saturated heterocycles. The van der Waals surface area contributed by atoms with Gasteiger partial charge in [0.1, 0.15) is 12.1 Å². The van der Waals surface area contributed by atoms with Crippen LogP contribution < -0.4 is 0 Å². The molecule has 0 unspecified atom stereocenters. The van der Waals surface area contributed by atoms with Crippen LogP contribution in [0.4, 0.5) is 4.39 Å². The van der Waals surface area contributed by atoms with Gasteiger partial charge >= 0.3 is 0 Å². The Morgan fingerprint density at radius 3 is 3.14 bits per heavy atom. The van der Waals surface area contributed by atoms with Gasteiger partial charge in [-0.05, 0) is 30.7 Å². The van der Waals surface area contributed by atoms with Crippen molar-refractivity contribution in [2.75, 3.05) is 6.54 Å². The minimum Gasteiger partial charge on any atom is -0.364 e. The van der Waals surface area contributed by atoms with Crippen molar-refractivity contribution in [3.8, 4) is 0 Å². The Morgan fingerprint density at radius 1 is 1.43 bits per heavy atom. The summed E-state index contributed by atoms with van der Waals surface area (Å²) < 4.78 is 18.5. The minimum absolute atomic E-state index is 0.184. The highest BCUT2D eigenvalue weighted by Crippen LogP contribution is 2.29. The molecule has 3 aromatic rings. The quantitative estimate of drug-likeness (QED) is 0.786. The van der Waals surface area contributed by atoms with E-state index in [1.54, 1.807) is 12.3 Å². The van der Waals surface area contributed by atoms with Crippen molar-refractivity contribution in [1.29, 1.82) is 0 Å². The van der Waals surface area contributed by atoms with E-state index in [-0.39, 0.29) is 5.82 Å². The summed E-state index contributed by atoms with van der Waals surface area (Å²) in [5.41, 5.74) is 5.51. The molecule has 4 rings (SSSR count). The van der Waals surface area contributed by atoms with Crippen molar-refractivity contribution >= 4 is 10.9 Å². The lowest BCUT2D eigenvalue weighted by Gasteiger charge is -2.26. The van der Waals surface area contributed by atoms with Gasteiger partial charge in [-0.3, -0.25) is 4.90 Å². The molecule has 1 N–H and O–H groups in total. The number of nitrogens with one attached hydrogen (secondary N) is 1. The van der Waals surface area contributed by atoms with Gasteiger partial charge in [0.15, 0.2) is 0 Å². The summed E-state index contributed by atoms with van der Waals surface area (Å²) in [5, 5.41) is 4.92. The largest absolute Gasteiger partial charge is 0.364 e. The van der Waals surface area contributed by atoms with Gasteiger partial charge in [0.2, 0.25) is 0 Å². The van der Waals surface area contributed by atoms with Crippen molar-refractivity contribution in [1.82, 2.24) is 15.0 Å². The highest BCUT2D eigenvalue weighted by molar-refractivity contribution is 5.84. The number of hydrogen-bond acceptors (Lipinski definition) is 3. The molecule has 21 heavy (non-hydrogen) atoms. The number of H-pyrrole nitrogens is 1. The van der Waals surface area contributed by atoms with E-state index in [0.29, 0.717) is 0 Å². The molecular weight excluding hydrogens is 269 g/mol. The number of nitrogens with zero attached hydrogens (tertiary/aromatic N) is 2. The van der Waals surface area contributed by atoms with Gasteiger partial charge in [-0.2, -0.15) is 0 Å². The first-order valence-corrected chi connectivity index (χ1v) is 7.12. The molecule has 0 fully saturated rings. The Morgan fingerprint density at radius 2 is 2.33 bits per heavy atom. The molecule has 1 aliphatic rings. The average molecular weight is 285 g/mol. The van der Waals surface area contributed by atoms with Crippen molar-refractivity contribution in [3.05, 3.63) is 52.8 Å². The Balaban J connectivity index is 1.66. The summed E-state index contributed by atoms with van der Waals surface area (Å²) in [7, 11) is 0. The Labute approximate surface area is 121 Å². The first kappa shape index (κ1) is 12.6. The fraction of sp³-hybridized carbons (Fsp3) is 0.312. The third-order valence-electron chi connectivity index (χ3n) is 4.26. The van der Waals surface area contributed by atoms with Crippen LogP contribution in [0.1, 0.15) is 22.5 Å². The highest BCUT2D eigenvalue weighted by Gasteiger charge is 2.21. The number of aryl methyl sites for hydroxylation is 1. The van der Waals surface area contributed by atoms with Crippen LogP contribution >= 0.6 is 0 Å². The number of halogens is 1. The lowest BCUT2D eigenvalue weighted by atomic mass is 10.0. The Bertz CT molecular complexity index is 805. The van der Waals surface area contributed by atoms with E-state index in [1.807, 2.05) is 13.0 Å². The maximum absolute atomic E-state index is 13.5. The lowest BCUT2D eigenvalue weighted by molar-refractivity contribution is 0.244. The summed E-state index contributed by atoms with van der Waals surface area (Å²) in [6.45, 7) is 4.57. The summed E-state index contributed by atoms with van der Waals surface area (Å²) in [6.07, 6.45) is 2.66. The molecule has 2 aromatic heterocycles. The molecule has 0 bridgehead atoms. The first-order valence-electron chi connectivity index (χ1n) is 7.12. The number of fused-ring (bicyclic) bond motifs is 3. The second-order valence-electron chi connectivity index (χ2n) is 5.66. The van der Waals surface area contributed by atoms with Crippen LogP contribution in [-0.4, -0.2) is 21.6 Å². The van der Waals surface area contributed by atoms with Gasteiger partial charge in [0, 0.05) is 48.2 Å². The number of rotatable bonds is 2. The van der Waals surface area contributed by atoms with E-state index in [2.05, 4.69) is 15.0 Å². The van der Waals surface area contributed by atoms with Crippen LogP contribution in [0.2, 0.25) is 0 Å². The topological polar surface area (TPSA) is 45.1 Å². The zero-order chi connectivity index (χ0) is 14.4. The number of benzene rings is 1. The van der Waals surface area contributed by atoms with E-state index in [0.717, 1.165) is 48.2 Å². The van der Waals surface area contributed by atoms with Crippen molar-refractivity contribution in [2.24, 2.45) is 0 Å². The van der Waals surface area contributed by atoms with E-state index in [1.165, 1.54) is 17.3 Å². The number of hydrogen-bond donors (Lipinski definition) is 1. The number of aromatic amines is 1. The fourth-order valence-corrected chi connectivity index (χ4v) is 3.08. The van der Waals surface area contributed by atoms with Crippen LogP contribution in [0, 0.1) is 12.7 Å². The van der Waals surface area contributed by atoms with Crippen LogP contribution in [0.15, 0.2) is 29.0 Å². The normalized spacial score (nSPS) is 15.5. The first-order chi connectivity index (χ1) is 10.2.